The lowest BCUT2D eigenvalue weighted by molar-refractivity contribution is -0.149. The maximum absolute atomic E-state index is 12.7. The molecule has 20 heavy (non-hydrogen) atoms. The topological polar surface area (TPSA) is 43.4 Å². The van der Waals surface area contributed by atoms with Crippen LogP contribution in [0, 0.1) is 5.92 Å². The second-order valence-electron chi connectivity index (χ2n) is 4.52. The Morgan fingerprint density at radius 2 is 1.85 bits per heavy atom. The first kappa shape index (κ1) is 16.2. The van der Waals surface area contributed by atoms with E-state index in [4.69, 9.17) is 0 Å². The number of carbonyl (C=O) groups is 2. The van der Waals surface area contributed by atoms with Gasteiger partial charge >= 0.3 is 12.1 Å². The van der Waals surface area contributed by atoms with E-state index in [1.807, 2.05) is 0 Å². The molecule has 0 fully saturated rings. The Balaban J connectivity index is 3.16. The molecule has 110 valence electrons. The minimum Gasteiger partial charge on any atom is -0.468 e. The summed E-state index contributed by atoms with van der Waals surface area (Å²) < 4.78 is 42.5. The molecule has 1 aromatic carbocycles. The van der Waals surface area contributed by atoms with Gasteiger partial charge in [0.2, 0.25) is 0 Å². The number of benzene rings is 1. The Morgan fingerprint density at radius 1 is 1.25 bits per heavy atom. The third-order valence-electron chi connectivity index (χ3n) is 3.13. The van der Waals surface area contributed by atoms with Crippen LogP contribution in [0.2, 0.25) is 0 Å². The molecule has 0 bridgehead atoms. The van der Waals surface area contributed by atoms with Crippen molar-refractivity contribution in [3.05, 3.63) is 35.4 Å². The Kier molecular flexibility index (Phi) is 4.92. The summed E-state index contributed by atoms with van der Waals surface area (Å²) in [5, 5.41) is 0. The molecule has 1 aromatic rings. The number of carbonyl (C=O) groups excluding carboxylic acids is 2. The van der Waals surface area contributed by atoms with Crippen LogP contribution in [0.15, 0.2) is 24.3 Å². The van der Waals surface area contributed by atoms with Gasteiger partial charge in [0.05, 0.1) is 12.7 Å². The van der Waals surface area contributed by atoms with Gasteiger partial charge in [-0.3, -0.25) is 9.59 Å². The van der Waals surface area contributed by atoms with Crippen molar-refractivity contribution < 1.29 is 27.5 Å². The Morgan fingerprint density at radius 3 is 2.30 bits per heavy atom. The number of alkyl halides is 3. The summed E-state index contributed by atoms with van der Waals surface area (Å²) in [6, 6.07) is 4.60. The van der Waals surface area contributed by atoms with Crippen molar-refractivity contribution in [2.45, 2.75) is 25.9 Å². The molecular formula is C14H15F3O3. The van der Waals surface area contributed by atoms with E-state index in [0.29, 0.717) is 0 Å². The van der Waals surface area contributed by atoms with Gasteiger partial charge in [-0.2, -0.15) is 13.2 Å². The fraction of sp³-hybridized carbons (Fsp3) is 0.429. The summed E-state index contributed by atoms with van der Waals surface area (Å²) in [6.45, 7) is 2.74. The minimum atomic E-state index is -4.47. The van der Waals surface area contributed by atoms with Gasteiger partial charge in [-0.1, -0.05) is 25.1 Å². The van der Waals surface area contributed by atoms with Crippen LogP contribution in [0.3, 0.4) is 0 Å². The smallest absolute Gasteiger partial charge is 0.416 e. The number of hydrogen-bond donors (Lipinski definition) is 0. The lowest BCUT2D eigenvalue weighted by Crippen LogP contribution is -2.28. The zero-order valence-electron chi connectivity index (χ0n) is 11.3. The molecule has 0 heterocycles. The van der Waals surface area contributed by atoms with E-state index in [1.54, 1.807) is 0 Å². The summed E-state index contributed by atoms with van der Waals surface area (Å²) in [5.74, 6) is -2.99. The highest BCUT2D eigenvalue weighted by Gasteiger charge is 2.34. The molecule has 3 nitrogen and oxygen atoms in total. The predicted octanol–water partition coefficient (Wildman–Crippen LogP) is 3.19. The average molecular weight is 288 g/mol. The van der Waals surface area contributed by atoms with Crippen LogP contribution < -0.4 is 0 Å². The monoisotopic (exact) mass is 288 g/mol. The maximum atomic E-state index is 12.7. The Hall–Kier alpha value is -1.85. The molecule has 2 atom stereocenters. The van der Waals surface area contributed by atoms with Crippen LogP contribution in [-0.2, 0) is 20.5 Å². The molecule has 0 saturated carbocycles. The van der Waals surface area contributed by atoms with E-state index in [2.05, 4.69) is 4.74 Å². The van der Waals surface area contributed by atoms with Gasteiger partial charge in [-0.05, 0) is 18.6 Å². The molecule has 2 unspecified atom stereocenters. The Labute approximate surface area is 114 Å². The van der Waals surface area contributed by atoms with Crippen molar-refractivity contribution in [2.75, 3.05) is 7.11 Å². The molecule has 6 heteroatoms. The first-order valence-corrected chi connectivity index (χ1v) is 5.94. The number of hydrogen-bond acceptors (Lipinski definition) is 3. The zero-order chi connectivity index (χ0) is 15.5. The summed E-state index contributed by atoms with van der Waals surface area (Å²) in [4.78, 5) is 23.1. The van der Waals surface area contributed by atoms with Crippen LogP contribution in [0.25, 0.3) is 0 Å². The second kappa shape index (κ2) is 6.07. The van der Waals surface area contributed by atoms with Crippen LogP contribution in [-0.4, -0.2) is 18.9 Å². The van der Waals surface area contributed by atoms with E-state index >= 15 is 0 Å². The molecule has 1 rings (SSSR count). The van der Waals surface area contributed by atoms with Gasteiger partial charge in [0.25, 0.3) is 0 Å². The highest BCUT2D eigenvalue weighted by atomic mass is 19.4. The number of ether oxygens (including phenoxy) is 1. The lowest BCUT2D eigenvalue weighted by atomic mass is 9.84. The number of Topliss-reactive ketones (excluding diaryl/α,β-unsaturated/α-hetero) is 1. The van der Waals surface area contributed by atoms with Gasteiger partial charge < -0.3 is 4.74 Å². The molecule has 0 spiro atoms. The van der Waals surface area contributed by atoms with Gasteiger partial charge in [-0.15, -0.1) is 0 Å². The molecular weight excluding hydrogens is 273 g/mol. The van der Waals surface area contributed by atoms with Gasteiger partial charge in [0.15, 0.2) is 0 Å². The normalized spacial score (nSPS) is 14.5. The predicted molar refractivity (Wildman–Crippen MR) is 66.0 cm³/mol. The fourth-order valence-corrected chi connectivity index (χ4v) is 2.04. The van der Waals surface area contributed by atoms with Crippen LogP contribution in [0.5, 0.6) is 0 Å². The van der Waals surface area contributed by atoms with Crippen molar-refractivity contribution in [1.82, 2.24) is 0 Å². The van der Waals surface area contributed by atoms with Gasteiger partial charge in [0.1, 0.15) is 11.7 Å². The highest BCUT2D eigenvalue weighted by Crippen LogP contribution is 2.33. The van der Waals surface area contributed by atoms with E-state index in [9.17, 15) is 22.8 Å². The number of rotatable bonds is 4. The van der Waals surface area contributed by atoms with Gasteiger partial charge in [0, 0.05) is 5.92 Å². The maximum Gasteiger partial charge on any atom is 0.416 e. The van der Waals surface area contributed by atoms with Crippen LogP contribution >= 0.6 is 0 Å². The number of methoxy groups -OCH3 is 1. The second-order valence-corrected chi connectivity index (χ2v) is 4.52. The third kappa shape index (κ3) is 3.59. The molecule has 0 aliphatic rings. The fourth-order valence-electron chi connectivity index (χ4n) is 2.04. The van der Waals surface area contributed by atoms with E-state index in [-0.39, 0.29) is 5.56 Å². The van der Waals surface area contributed by atoms with Crippen molar-refractivity contribution in [2.24, 2.45) is 5.92 Å². The first-order chi connectivity index (χ1) is 9.18. The summed E-state index contributed by atoms with van der Waals surface area (Å²) in [6.07, 6.45) is -4.47. The van der Waals surface area contributed by atoms with E-state index in [0.717, 1.165) is 19.2 Å². The first-order valence-electron chi connectivity index (χ1n) is 5.94. The van der Waals surface area contributed by atoms with E-state index < -0.39 is 35.3 Å². The molecule has 0 radical (unpaired) electrons. The number of esters is 1. The van der Waals surface area contributed by atoms with Crippen molar-refractivity contribution in [1.29, 1.82) is 0 Å². The van der Waals surface area contributed by atoms with Crippen molar-refractivity contribution in [3.63, 3.8) is 0 Å². The third-order valence-corrected chi connectivity index (χ3v) is 3.13. The molecule has 0 N–H and O–H groups in total. The van der Waals surface area contributed by atoms with E-state index in [1.165, 1.54) is 26.0 Å². The standard InChI is InChI=1S/C14H15F3O3/c1-8(12(9(2)18)13(19)20-3)10-5-4-6-11(7-10)14(15,16)17/h4-8,12H,1-3H3. The molecule has 0 aromatic heterocycles. The largest absolute Gasteiger partial charge is 0.468 e. The quantitative estimate of drug-likeness (QED) is 0.631. The SMILES string of the molecule is COC(=O)C(C(C)=O)C(C)c1cccc(C(F)(F)F)c1. The number of halogens is 3. The molecule has 0 amide bonds. The number of ketones is 1. The van der Waals surface area contributed by atoms with Gasteiger partial charge in [-0.25, -0.2) is 0 Å². The summed E-state index contributed by atoms with van der Waals surface area (Å²) >= 11 is 0. The summed E-state index contributed by atoms with van der Waals surface area (Å²) in [5.41, 5.74) is -0.542. The lowest BCUT2D eigenvalue weighted by Gasteiger charge is -2.20. The van der Waals surface area contributed by atoms with Crippen LogP contribution in [0.4, 0.5) is 13.2 Å². The van der Waals surface area contributed by atoms with Crippen molar-refractivity contribution >= 4 is 11.8 Å². The molecule has 0 saturated heterocycles. The molecule has 0 aliphatic carbocycles. The summed E-state index contributed by atoms with van der Waals surface area (Å²) in [7, 11) is 1.14. The van der Waals surface area contributed by atoms with Crippen molar-refractivity contribution in [3.8, 4) is 0 Å². The van der Waals surface area contributed by atoms with Crippen LogP contribution in [0.1, 0.15) is 30.9 Å². The zero-order valence-corrected chi connectivity index (χ0v) is 11.3. The minimum absolute atomic E-state index is 0.269. The molecule has 0 aliphatic heterocycles. The highest BCUT2D eigenvalue weighted by molar-refractivity contribution is 5.98. The Bertz CT molecular complexity index is 509. The average Bonchev–Trinajstić information content (AvgIpc) is 2.37.